The number of ether oxygens (including phenoxy) is 2. The van der Waals surface area contributed by atoms with Gasteiger partial charge in [-0.3, -0.25) is 9.59 Å². The van der Waals surface area contributed by atoms with Gasteiger partial charge in [0, 0.05) is 51.3 Å². The Morgan fingerprint density at radius 2 is 2.03 bits per heavy atom. The minimum absolute atomic E-state index is 0.0685. The summed E-state index contributed by atoms with van der Waals surface area (Å²) >= 11 is 0. The highest BCUT2D eigenvalue weighted by Gasteiger charge is 2.26. The number of fused-ring (bicyclic) bond motifs is 8. The summed E-state index contributed by atoms with van der Waals surface area (Å²) in [7, 11) is 3.37. The van der Waals surface area contributed by atoms with Crippen molar-refractivity contribution < 1.29 is 19.1 Å². The van der Waals surface area contributed by atoms with Gasteiger partial charge >= 0.3 is 0 Å². The molecule has 4 heterocycles. The Morgan fingerprint density at radius 3 is 2.87 bits per heavy atom. The van der Waals surface area contributed by atoms with Crippen molar-refractivity contribution >= 4 is 11.8 Å². The maximum absolute atomic E-state index is 13.0. The second-order valence-corrected chi connectivity index (χ2v) is 8.22. The first-order valence-electron chi connectivity index (χ1n) is 10.8. The summed E-state index contributed by atoms with van der Waals surface area (Å²) in [6.07, 6.45) is 4.80. The van der Waals surface area contributed by atoms with Gasteiger partial charge in [-0.2, -0.15) is 0 Å². The first kappa shape index (κ1) is 21.1. The molecule has 1 unspecified atom stereocenters. The van der Waals surface area contributed by atoms with Crippen molar-refractivity contribution in [3.63, 3.8) is 0 Å². The summed E-state index contributed by atoms with van der Waals surface area (Å²) in [5.74, 6) is 1.43. The quantitative estimate of drug-likeness (QED) is 0.687. The standard InChI is InChI=1S/C22H29N5O4/c1-25-13-16-4-3-9-26(14-16)21(28)8-6-18-15-27(24-23-18)10-11-31-19-7-5-17(22(25)29)12-20(19)30-2/h5,7,12,15-16H,3-4,6,8-11,13-14H2,1-2H3. The molecule has 2 aromatic rings. The van der Waals surface area contributed by atoms with Gasteiger partial charge < -0.3 is 19.3 Å². The smallest absolute Gasteiger partial charge is 0.253 e. The number of benzene rings is 1. The Labute approximate surface area is 181 Å². The Bertz CT molecular complexity index is 944. The molecule has 2 amide bonds. The van der Waals surface area contributed by atoms with Gasteiger partial charge in [-0.25, -0.2) is 4.68 Å². The molecule has 0 saturated carbocycles. The zero-order valence-electron chi connectivity index (χ0n) is 18.1. The fraction of sp³-hybridized carbons (Fsp3) is 0.545. The monoisotopic (exact) mass is 427 g/mol. The van der Waals surface area contributed by atoms with Crippen LogP contribution in [0.3, 0.4) is 0 Å². The molecule has 0 spiro atoms. The molecule has 1 saturated heterocycles. The highest BCUT2D eigenvalue weighted by atomic mass is 16.5. The third-order valence-electron chi connectivity index (χ3n) is 5.92. The molecule has 0 radical (unpaired) electrons. The van der Waals surface area contributed by atoms with Gasteiger partial charge in [0.2, 0.25) is 5.91 Å². The van der Waals surface area contributed by atoms with Crippen molar-refractivity contribution in [3.8, 4) is 11.5 Å². The van der Waals surface area contributed by atoms with Crippen LogP contribution in [0.5, 0.6) is 11.5 Å². The molecule has 166 valence electrons. The van der Waals surface area contributed by atoms with E-state index in [0.29, 0.717) is 56.1 Å². The number of carbonyl (C=O) groups excluding carboxylic acids is 2. The fourth-order valence-electron chi connectivity index (χ4n) is 4.26. The lowest BCUT2D eigenvalue weighted by atomic mass is 9.96. The van der Waals surface area contributed by atoms with Crippen molar-refractivity contribution in [2.24, 2.45) is 5.92 Å². The van der Waals surface area contributed by atoms with Crippen molar-refractivity contribution in [2.75, 3.05) is 40.4 Å². The number of amides is 2. The molecule has 5 rings (SSSR count). The predicted molar refractivity (Wildman–Crippen MR) is 113 cm³/mol. The van der Waals surface area contributed by atoms with E-state index in [-0.39, 0.29) is 17.7 Å². The molecule has 3 aliphatic heterocycles. The molecule has 1 aromatic carbocycles. The molecular weight excluding hydrogens is 398 g/mol. The molecule has 9 nitrogen and oxygen atoms in total. The lowest BCUT2D eigenvalue weighted by molar-refractivity contribution is -0.133. The summed E-state index contributed by atoms with van der Waals surface area (Å²) in [4.78, 5) is 29.4. The Balaban J connectivity index is 1.58. The summed E-state index contributed by atoms with van der Waals surface area (Å²) in [5, 5.41) is 8.31. The first-order valence-corrected chi connectivity index (χ1v) is 10.8. The minimum Gasteiger partial charge on any atom is -0.493 e. The van der Waals surface area contributed by atoms with Gasteiger partial charge in [0.1, 0.15) is 6.61 Å². The SMILES string of the molecule is COc1cc2ccc1OCCn1cc(nn1)CCC(=O)N1CCCC(CN(C)C2=O)C1. The van der Waals surface area contributed by atoms with Crippen LogP contribution in [0, 0.1) is 5.92 Å². The number of methoxy groups -OCH3 is 1. The van der Waals surface area contributed by atoms with Gasteiger partial charge in [-0.15, -0.1) is 5.10 Å². The third kappa shape index (κ3) is 4.98. The number of nitrogens with zero attached hydrogens (tertiary/aromatic N) is 5. The molecule has 6 bridgehead atoms. The van der Waals surface area contributed by atoms with Crippen LogP contribution in [-0.4, -0.2) is 77.0 Å². The molecule has 1 atom stereocenters. The van der Waals surface area contributed by atoms with Crippen LogP contribution < -0.4 is 9.47 Å². The van der Waals surface area contributed by atoms with E-state index < -0.39 is 0 Å². The lowest BCUT2D eigenvalue weighted by Gasteiger charge is -2.35. The molecule has 3 aliphatic rings. The second-order valence-electron chi connectivity index (χ2n) is 8.22. The van der Waals surface area contributed by atoms with Crippen molar-refractivity contribution in [1.29, 1.82) is 0 Å². The molecule has 1 aromatic heterocycles. The normalized spacial score (nSPS) is 20.6. The molecule has 0 N–H and O–H groups in total. The molecular formula is C22H29N5O4. The Morgan fingerprint density at radius 1 is 1.16 bits per heavy atom. The minimum atomic E-state index is -0.0685. The first-order chi connectivity index (χ1) is 15.0. The second kappa shape index (κ2) is 9.36. The van der Waals surface area contributed by atoms with E-state index in [0.717, 1.165) is 25.1 Å². The van der Waals surface area contributed by atoms with E-state index in [4.69, 9.17) is 9.47 Å². The Kier molecular flexibility index (Phi) is 6.39. The summed E-state index contributed by atoms with van der Waals surface area (Å²) in [6.45, 7) is 2.95. The van der Waals surface area contributed by atoms with Crippen LogP contribution in [-0.2, 0) is 17.8 Å². The molecule has 0 aliphatic carbocycles. The zero-order valence-corrected chi connectivity index (χ0v) is 18.1. The van der Waals surface area contributed by atoms with Crippen LogP contribution >= 0.6 is 0 Å². The molecule has 1 fully saturated rings. The number of aryl methyl sites for hydroxylation is 1. The van der Waals surface area contributed by atoms with Gasteiger partial charge in [0.05, 0.1) is 19.3 Å². The summed E-state index contributed by atoms with van der Waals surface area (Å²) in [6, 6.07) is 5.24. The number of piperidine rings is 1. The van der Waals surface area contributed by atoms with E-state index in [1.807, 2.05) is 18.1 Å². The van der Waals surface area contributed by atoms with Crippen LogP contribution in [0.25, 0.3) is 0 Å². The number of carbonyl (C=O) groups is 2. The number of hydrogen-bond acceptors (Lipinski definition) is 6. The largest absolute Gasteiger partial charge is 0.493 e. The summed E-state index contributed by atoms with van der Waals surface area (Å²) < 4.78 is 13.0. The fourth-order valence-corrected chi connectivity index (χ4v) is 4.26. The van der Waals surface area contributed by atoms with Crippen LogP contribution in [0.2, 0.25) is 0 Å². The summed E-state index contributed by atoms with van der Waals surface area (Å²) in [5.41, 5.74) is 1.35. The van der Waals surface area contributed by atoms with Crippen molar-refractivity contribution in [3.05, 3.63) is 35.7 Å². The zero-order chi connectivity index (χ0) is 21.8. The highest BCUT2D eigenvalue weighted by molar-refractivity contribution is 5.94. The average Bonchev–Trinajstić information content (AvgIpc) is 3.24. The van der Waals surface area contributed by atoms with E-state index in [2.05, 4.69) is 10.3 Å². The maximum atomic E-state index is 13.0. The van der Waals surface area contributed by atoms with E-state index in [1.165, 1.54) is 0 Å². The van der Waals surface area contributed by atoms with Gasteiger partial charge in [-0.1, -0.05) is 5.21 Å². The van der Waals surface area contributed by atoms with Gasteiger partial charge in [-0.05, 0) is 37.0 Å². The Hall–Kier alpha value is -3.10. The highest BCUT2D eigenvalue weighted by Crippen LogP contribution is 2.29. The van der Waals surface area contributed by atoms with E-state index in [1.54, 1.807) is 34.9 Å². The average molecular weight is 428 g/mol. The van der Waals surface area contributed by atoms with E-state index in [9.17, 15) is 9.59 Å². The molecule has 9 heteroatoms. The van der Waals surface area contributed by atoms with Gasteiger partial charge in [0.25, 0.3) is 5.91 Å². The topological polar surface area (TPSA) is 89.8 Å². The maximum Gasteiger partial charge on any atom is 0.253 e. The van der Waals surface area contributed by atoms with Crippen LogP contribution in [0.15, 0.2) is 24.4 Å². The van der Waals surface area contributed by atoms with E-state index >= 15 is 0 Å². The lowest BCUT2D eigenvalue weighted by Crippen LogP contribution is -2.44. The van der Waals surface area contributed by atoms with Crippen LogP contribution in [0.4, 0.5) is 0 Å². The third-order valence-corrected chi connectivity index (χ3v) is 5.92. The predicted octanol–water partition coefficient (Wildman–Crippen LogP) is 1.62. The number of hydrogen-bond donors (Lipinski definition) is 0. The van der Waals surface area contributed by atoms with Crippen molar-refractivity contribution in [1.82, 2.24) is 24.8 Å². The number of rotatable bonds is 1. The molecule has 31 heavy (non-hydrogen) atoms. The number of aromatic nitrogens is 3. The van der Waals surface area contributed by atoms with Crippen LogP contribution in [0.1, 0.15) is 35.3 Å². The van der Waals surface area contributed by atoms with Gasteiger partial charge in [0.15, 0.2) is 11.5 Å². The van der Waals surface area contributed by atoms with Crippen molar-refractivity contribution in [2.45, 2.75) is 32.2 Å².